The Morgan fingerprint density at radius 2 is 1.65 bits per heavy atom. The number of nitrogens with one attached hydrogen (secondary N) is 1. The SMILES string of the molecule is CCCCCCCCCCCc1c[nH]c(C2N=C(N)N=C(N)N2CC)n1. The van der Waals surface area contributed by atoms with Crippen molar-refractivity contribution < 1.29 is 0 Å². The lowest BCUT2D eigenvalue weighted by Gasteiger charge is -2.29. The highest BCUT2D eigenvalue weighted by molar-refractivity contribution is 5.95. The van der Waals surface area contributed by atoms with Crippen LogP contribution in [0.5, 0.6) is 0 Å². The fourth-order valence-corrected chi connectivity index (χ4v) is 3.33. The summed E-state index contributed by atoms with van der Waals surface area (Å²) in [6.45, 7) is 4.97. The van der Waals surface area contributed by atoms with Crippen LogP contribution in [-0.4, -0.2) is 33.3 Å². The highest BCUT2D eigenvalue weighted by Gasteiger charge is 2.26. The average molecular weight is 362 g/mol. The molecule has 0 saturated heterocycles. The smallest absolute Gasteiger partial charge is 0.221 e. The number of nitrogens with two attached hydrogens (primary N) is 2. The summed E-state index contributed by atoms with van der Waals surface area (Å²) in [4.78, 5) is 18.2. The molecule has 2 rings (SSSR count). The minimum atomic E-state index is -0.311. The third-order valence-electron chi connectivity index (χ3n) is 4.85. The summed E-state index contributed by atoms with van der Waals surface area (Å²) in [5.74, 6) is 1.37. The lowest BCUT2D eigenvalue weighted by atomic mass is 10.1. The predicted molar refractivity (Wildman–Crippen MR) is 108 cm³/mol. The van der Waals surface area contributed by atoms with Crippen LogP contribution in [0.1, 0.15) is 89.3 Å². The van der Waals surface area contributed by atoms with Crippen LogP contribution >= 0.6 is 0 Å². The summed E-state index contributed by atoms with van der Waals surface area (Å²) in [5, 5.41) is 0. The second-order valence-corrected chi connectivity index (χ2v) is 6.97. The molecule has 0 bridgehead atoms. The second-order valence-electron chi connectivity index (χ2n) is 6.97. The fourth-order valence-electron chi connectivity index (χ4n) is 3.33. The Labute approximate surface area is 157 Å². The standard InChI is InChI=1S/C19H35N7/c1-3-5-6-7-8-9-10-11-12-13-15-14-22-16(23-15)17-24-18(20)25-19(21)26(17)4-2/h14,17H,3-13H2,1-2H3,(H,22,23)(H4,20,21,24,25). The molecule has 0 amide bonds. The molecular weight excluding hydrogens is 326 g/mol. The van der Waals surface area contributed by atoms with Crippen LogP contribution in [0.2, 0.25) is 0 Å². The highest BCUT2D eigenvalue weighted by Crippen LogP contribution is 2.22. The molecule has 2 heterocycles. The maximum absolute atomic E-state index is 5.95. The molecular formula is C19H35N7. The van der Waals surface area contributed by atoms with Crippen molar-refractivity contribution in [2.75, 3.05) is 6.54 Å². The molecule has 7 nitrogen and oxygen atoms in total. The minimum Gasteiger partial charge on any atom is -0.369 e. The maximum atomic E-state index is 5.95. The van der Waals surface area contributed by atoms with E-state index in [2.05, 4.69) is 21.9 Å². The van der Waals surface area contributed by atoms with Crippen molar-refractivity contribution in [3.05, 3.63) is 17.7 Å². The Morgan fingerprint density at radius 3 is 2.31 bits per heavy atom. The van der Waals surface area contributed by atoms with Crippen LogP contribution in [0.15, 0.2) is 16.2 Å². The van der Waals surface area contributed by atoms with Crippen molar-refractivity contribution in [3.8, 4) is 0 Å². The molecule has 26 heavy (non-hydrogen) atoms. The molecule has 0 fully saturated rings. The van der Waals surface area contributed by atoms with E-state index in [0.29, 0.717) is 12.5 Å². The molecule has 5 N–H and O–H groups in total. The van der Waals surface area contributed by atoms with Gasteiger partial charge in [-0.05, 0) is 19.8 Å². The predicted octanol–water partition coefficient (Wildman–Crippen LogP) is 3.45. The second kappa shape index (κ2) is 10.8. The van der Waals surface area contributed by atoms with Gasteiger partial charge in [-0.2, -0.15) is 4.99 Å². The van der Waals surface area contributed by atoms with Crippen LogP contribution < -0.4 is 11.5 Å². The summed E-state index contributed by atoms with van der Waals surface area (Å²) < 4.78 is 0. The van der Waals surface area contributed by atoms with Crippen molar-refractivity contribution in [3.63, 3.8) is 0 Å². The first kappa shape index (κ1) is 20.3. The van der Waals surface area contributed by atoms with Gasteiger partial charge < -0.3 is 21.4 Å². The first-order valence-electron chi connectivity index (χ1n) is 10.1. The molecule has 146 valence electrons. The zero-order chi connectivity index (χ0) is 18.8. The van der Waals surface area contributed by atoms with Crippen LogP contribution in [0.3, 0.4) is 0 Å². The van der Waals surface area contributed by atoms with Crippen molar-refractivity contribution in [2.24, 2.45) is 21.5 Å². The molecule has 7 heteroatoms. The monoisotopic (exact) mass is 361 g/mol. The number of aromatic amines is 1. The zero-order valence-corrected chi connectivity index (χ0v) is 16.4. The number of imidazole rings is 1. The zero-order valence-electron chi connectivity index (χ0n) is 16.4. The van der Waals surface area contributed by atoms with Gasteiger partial charge in [0.25, 0.3) is 0 Å². The first-order valence-corrected chi connectivity index (χ1v) is 10.1. The van der Waals surface area contributed by atoms with E-state index in [1.165, 1.54) is 57.8 Å². The fraction of sp³-hybridized carbons (Fsp3) is 0.737. The molecule has 1 atom stereocenters. The van der Waals surface area contributed by atoms with E-state index in [-0.39, 0.29) is 12.1 Å². The minimum absolute atomic E-state index is 0.203. The third-order valence-corrected chi connectivity index (χ3v) is 4.85. The molecule has 1 aliphatic rings. The summed E-state index contributed by atoms with van der Waals surface area (Å²) >= 11 is 0. The van der Waals surface area contributed by atoms with Crippen LogP contribution in [-0.2, 0) is 6.42 Å². The van der Waals surface area contributed by atoms with Gasteiger partial charge in [0.15, 0.2) is 12.0 Å². The van der Waals surface area contributed by atoms with Gasteiger partial charge in [0.2, 0.25) is 11.9 Å². The van der Waals surface area contributed by atoms with E-state index in [1.807, 2.05) is 18.0 Å². The molecule has 1 aromatic heterocycles. The van der Waals surface area contributed by atoms with Crippen molar-refractivity contribution >= 4 is 11.9 Å². The number of H-pyrrole nitrogens is 1. The van der Waals surface area contributed by atoms with Gasteiger partial charge in [0, 0.05) is 12.7 Å². The average Bonchev–Trinajstić information content (AvgIpc) is 3.08. The Morgan fingerprint density at radius 1 is 1.00 bits per heavy atom. The van der Waals surface area contributed by atoms with E-state index in [9.17, 15) is 0 Å². The molecule has 0 aromatic carbocycles. The van der Waals surface area contributed by atoms with Crippen molar-refractivity contribution in [1.29, 1.82) is 0 Å². The van der Waals surface area contributed by atoms with Gasteiger partial charge in [-0.3, -0.25) is 0 Å². The lowest BCUT2D eigenvalue weighted by Crippen LogP contribution is -2.44. The Kier molecular flexibility index (Phi) is 8.44. The molecule has 0 aliphatic carbocycles. The number of rotatable bonds is 12. The van der Waals surface area contributed by atoms with Crippen LogP contribution in [0.4, 0.5) is 0 Å². The van der Waals surface area contributed by atoms with Gasteiger partial charge in [-0.25, -0.2) is 9.98 Å². The number of hydrogen-bond acceptors (Lipinski definition) is 6. The van der Waals surface area contributed by atoms with E-state index in [0.717, 1.165) is 17.9 Å². The quantitative estimate of drug-likeness (QED) is 0.495. The summed E-state index contributed by atoms with van der Waals surface area (Å²) in [6.07, 6.45) is 14.6. The van der Waals surface area contributed by atoms with Gasteiger partial charge in [0.1, 0.15) is 0 Å². The topological polar surface area (TPSA) is 109 Å². The molecule has 1 unspecified atom stereocenters. The number of aliphatic imine (C=N–C) groups is 2. The summed E-state index contributed by atoms with van der Waals surface area (Å²) in [6, 6.07) is 0. The summed E-state index contributed by atoms with van der Waals surface area (Å²) in [7, 11) is 0. The van der Waals surface area contributed by atoms with E-state index in [4.69, 9.17) is 16.5 Å². The van der Waals surface area contributed by atoms with Gasteiger partial charge in [-0.15, -0.1) is 0 Å². The highest BCUT2D eigenvalue weighted by atomic mass is 15.4. The largest absolute Gasteiger partial charge is 0.369 e. The Bertz CT molecular complexity index is 590. The molecule has 0 saturated carbocycles. The van der Waals surface area contributed by atoms with Gasteiger partial charge in [-0.1, -0.05) is 58.3 Å². The van der Waals surface area contributed by atoms with Crippen molar-refractivity contribution in [2.45, 2.75) is 84.2 Å². The van der Waals surface area contributed by atoms with Crippen LogP contribution in [0.25, 0.3) is 0 Å². The number of hydrogen-bond donors (Lipinski definition) is 3. The Hall–Kier alpha value is -2.05. The van der Waals surface area contributed by atoms with Crippen molar-refractivity contribution in [1.82, 2.24) is 14.9 Å². The first-order chi connectivity index (χ1) is 12.7. The number of guanidine groups is 2. The third kappa shape index (κ3) is 6.04. The van der Waals surface area contributed by atoms with Crippen LogP contribution in [0, 0.1) is 0 Å². The lowest BCUT2D eigenvalue weighted by molar-refractivity contribution is 0.320. The summed E-state index contributed by atoms with van der Waals surface area (Å²) in [5.41, 5.74) is 12.8. The number of aryl methyl sites for hydroxylation is 1. The van der Waals surface area contributed by atoms with E-state index < -0.39 is 0 Å². The van der Waals surface area contributed by atoms with Gasteiger partial charge >= 0.3 is 0 Å². The number of nitrogens with zero attached hydrogens (tertiary/aromatic N) is 4. The molecule has 0 radical (unpaired) electrons. The molecule has 1 aliphatic heterocycles. The number of aromatic nitrogens is 2. The normalized spacial score (nSPS) is 17.3. The molecule has 1 aromatic rings. The van der Waals surface area contributed by atoms with Gasteiger partial charge in [0.05, 0.1) is 5.69 Å². The Balaban J connectivity index is 1.72. The van der Waals surface area contributed by atoms with E-state index >= 15 is 0 Å². The maximum Gasteiger partial charge on any atom is 0.221 e. The van der Waals surface area contributed by atoms with E-state index in [1.54, 1.807) is 0 Å². The number of unbranched alkanes of at least 4 members (excludes halogenated alkanes) is 8. The molecule has 0 spiro atoms.